The Labute approximate surface area is 284 Å². The molecule has 48 heavy (non-hydrogen) atoms. The van der Waals surface area contributed by atoms with Crippen molar-refractivity contribution in [1.29, 1.82) is 0 Å². The summed E-state index contributed by atoms with van der Waals surface area (Å²) in [6.07, 6.45) is 10.3. The largest absolute Gasteiger partial charge is 0.462 e. The molecular formula is C40H50O8. The van der Waals surface area contributed by atoms with Crippen LogP contribution in [0.15, 0.2) is 72.8 Å². The van der Waals surface area contributed by atoms with E-state index in [-0.39, 0.29) is 35.7 Å². The first-order valence-corrected chi connectivity index (χ1v) is 17.4. The molecule has 2 saturated carbocycles. The van der Waals surface area contributed by atoms with Crippen molar-refractivity contribution < 1.29 is 38.1 Å². The van der Waals surface area contributed by atoms with Crippen molar-refractivity contribution in [2.45, 2.75) is 90.9 Å². The quantitative estimate of drug-likeness (QED) is 0.0823. The number of carbonyl (C=O) groups is 4. The van der Waals surface area contributed by atoms with Gasteiger partial charge in [0.25, 0.3) is 0 Å². The summed E-state index contributed by atoms with van der Waals surface area (Å²) in [5.74, 6) is 1.05. The van der Waals surface area contributed by atoms with Crippen LogP contribution < -0.4 is 9.47 Å². The highest BCUT2D eigenvalue weighted by Gasteiger charge is 2.35. The van der Waals surface area contributed by atoms with Gasteiger partial charge < -0.3 is 18.9 Å². The van der Waals surface area contributed by atoms with Crippen LogP contribution >= 0.6 is 0 Å². The van der Waals surface area contributed by atoms with Crippen molar-refractivity contribution in [1.82, 2.24) is 0 Å². The van der Waals surface area contributed by atoms with Crippen molar-refractivity contribution in [3.8, 4) is 11.5 Å². The van der Waals surface area contributed by atoms with Gasteiger partial charge in [-0.15, -0.1) is 0 Å². The summed E-state index contributed by atoms with van der Waals surface area (Å²) in [4.78, 5) is 48.8. The van der Waals surface area contributed by atoms with Crippen LogP contribution in [0, 0.1) is 23.7 Å². The van der Waals surface area contributed by atoms with Crippen molar-refractivity contribution >= 4 is 23.9 Å². The Morgan fingerprint density at radius 1 is 0.562 bits per heavy atom. The standard InChI is InChI=1S/C40H50O8/c1-27(2)37(41)45-25-5-7-29-9-21-35(22-10-29)47-39(43)33-17-13-31(14-18-33)32-15-19-34(20-16-32)40(44)48-36-23-11-30(12-24-36)8-6-26-46-38(42)28(3)4/h9-12,21-24,31-34H,1,3,5-8,13-20,25-26H2,2,4H3. The van der Waals surface area contributed by atoms with Crippen molar-refractivity contribution in [2.75, 3.05) is 13.2 Å². The number of carbonyl (C=O) groups excluding carboxylic acids is 4. The fraction of sp³-hybridized carbons (Fsp3) is 0.500. The number of benzene rings is 2. The van der Waals surface area contributed by atoms with E-state index in [1.54, 1.807) is 13.8 Å². The molecule has 258 valence electrons. The molecule has 4 rings (SSSR count). The zero-order chi connectivity index (χ0) is 34.5. The molecule has 0 bridgehead atoms. The average Bonchev–Trinajstić information content (AvgIpc) is 3.09. The van der Waals surface area contributed by atoms with Gasteiger partial charge in [-0.05, 0) is 138 Å². The Balaban J connectivity index is 1.10. The van der Waals surface area contributed by atoms with Gasteiger partial charge in [0.15, 0.2) is 0 Å². The minimum atomic E-state index is -0.369. The molecule has 0 aliphatic heterocycles. The average molecular weight is 659 g/mol. The molecule has 0 atom stereocenters. The molecule has 0 amide bonds. The van der Waals surface area contributed by atoms with Gasteiger partial charge in [-0.2, -0.15) is 0 Å². The van der Waals surface area contributed by atoms with Crippen LogP contribution in [0.2, 0.25) is 0 Å². The summed E-state index contributed by atoms with van der Waals surface area (Å²) in [5, 5.41) is 0. The summed E-state index contributed by atoms with van der Waals surface area (Å²) in [6.45, 7) is 11.1. The van der Waals surface area contributed by atoms with Gasteiger partial charge >= 0.3 is 23.9 Å². The highest BCUT2D eigenvalue weighted by molar-refractivity contribution is 5.87. The number of hydrogen-bond acceptors (Lipinski definition) is 8. The highest BCUT2D eigenvalue weighted by Crippen LogP contribution is 2.42. The molecule has 0 radical (unpaired) electrons. The predicted molar refractivity (Wildman–Crippen MR) is 183 cm³/mol. The molecule has 8 heteroatoms. The third kappa shape index (κ3) is 11.5. The predicted octanol–water partition coefficient (Wildman–Crippen LogP) is 7.91. The molecule has 2 aromatic carbocycles. The topological polar surface area (TPSA) is 105 Å². The van der Waals surface area contributed by atoms with Gasteiger partial charge in [-0.3, -0.25) is 9.59 Å². The Morgan fingerprint density at radius 3 is 1.21 bits per heavy atom. The van der Waals surface area contributed by atoms with E-state index in [0.29, 0.717) is 60.5 Å². The second-order valence-electron chi connectivity index (χ2n) is 13.4. The monoisotopic (exact) mass is 658 g/mol. The lowest BCUT2D eigenvalue weighted by molar-refractivity contribution is -0.142. The smallest absolute Gasteiger partial charge is 0.333 e. The summed E-state index contributed by atoms with van der Waals surface area (Å²) >= 11 is 0. The molecule has 2 aromatic rings. The molecule has 0 aromatic heterocycles. The highest BCUT2D eigenvalue weighted by atomic mass is 16.5. The first kappa shape index (κ1) is 36.6. The molecule has 0 saturated heterocycles. The second-order valence-corrected chi connectivity index (χ2v) is 13.4. The third-order valence-electron chi connectivity index (χ3n) is 9.54. The summed E-state index contributed by atoms with van der Waals surface area (Å²) in [7, 11) is 0. The normalized spacial score (nSPS) is 20.6. The van der Waals surface area contributed by atoms with Crippen molar-refractivity contribution in [3.05, 3.63) is 84.0 Å². The van der Waals surface area contributed by atoms with Gasteiger partial charge in [0, 0.05) is 11.1 Å². The Bertz CT molecular complexity index is 1300. The zero-order valence-corrected chi connectivity index (χ0v) is 28.5. The Morgan fingerprint density at radius 2 is 0.896 bits per heavy atom. The lowest BCUT2D eigenvalue weighted by Crippen LogP contribution is -2.32. The molecule has 0 N–H and O–H groups in total. The fourth-order valence-corrected chi connectivity index (χ4v) is 6.63. The Kier molecular flexibility index (Phi) is 14.0. The minimum absolute atomic E-state index is 0.0827. The van der Waals surface area contributed by atoms with E-state index >= 15 is 0 Å². The number of ether oxygens (including phenoxy) is 4. The maximum absolute atomic E-state index is 12.9. The van der Waals surface area contributed by atoms with Gasteiger partial charge in [0.2, 0.25) is 0 Å². The number of hydrogen-bond donors (Lipinski definition) is 0. The first-order valence-electron chi connectivity index (χ1n) is 17.4. The molecule has 0 spiro atoms. The van der Waals surface area contributed by atoms with E-state index in [1.807, 2.05) is 48.5 Å². The van der Waals surface area contributed by atoms with Crippen LogP contribution in [0.25, 0.3) is 0 Å². The van der Waals surface area contributed by atoms with Gasteiger partial charge in [-0.1, -0.05) is 37.4 Å². The lowest BCUT2D eigenvalue weighted by Gasteiger charge is -2.36. The maximum Gasteiger partial charge on any atom is 0.333 e. The van der Waals surface area contributed by atoms with Crippen LogP contribution in [0.4, 0.5) is 0 Å². The van der Waals surface area contributed by atoms with Crippen LogP contribution in [0.3, 0.4) is 0 Å². The van der Waals surface area contributed by atoms with E-state index in [2.05, 4.69) is 13.2 Å². The number of aryl methyl sites for hydroxylation is 2. The zero-order valence-electron chi connectivity index (χ0n) is 28.5. The first-order chi connectivity index (χ1) is 23.1. The minimum Gasteiger partial charge on any atom is -0.462 e. The van der Waals surface area contributed by atoms with E-state index in [0.717, 1.165) is 75.3 Å². The number of rotatable bonds is 15. The summed E-state index contributed by atoms with van der Waals surface area (Å²) < 4.78 is 21.7. The van der Waals surface area contributed by atoms with Crippen LogP contribution in [-0.2, 0) is 41.5 Å². The van der Waals surface area contributed by atoms with Gasteiger partial charge in [0.05, 0.1) is 25.0 Å². The lowest BCUT2D eigenvalue weighted by atomic mass is 9.69. The van der Waals surface area contributed by atoms with E-state index < -0.39 is 0 Å². The molecule has 8 nitrogen and oxygen atoms in total. The molecule has 0 heterocycles. The summed E-state index contributed by atoms with van der Waals surface area (Å²) in [6, 6.07) is 15.1. The second kappa shape index (κ2) is 18.4. The Hall–Kier alpha value is -4.20. The van der Waals surface area contributed by atoms with E-state index in [1.165, 1.54) is 0 Å². The molecule has 0 unspecified atom stereocenters. The van der Waals surface area contributed by atoms with Gasteiger partial charge in [0.1, 0.15) is 11.5 Å². The third-order valence-corrected chi connectivity index (χ3v) is 9.54. The van der Waals surface area contributed by atoms with Crippen LogP contribution in [-0.4, -0.2) is 37.1 Å². The van der Waals surface area contributed by atoms with Crippen LogP contribution in [0.1, 0.15) is 89.2 Å². The maximum atomic E-state index is 12.9. The summed E-state index contributed by atoms with van der Waals surface area (Å²) in [5.41, 5.74) is 2.97. The van der Waals surface area contributed by atoms with E-state index in [9.17, 15) is 19.2 Å². The van der Waals surface area contributed by atoms with Crippen molar-refractivity contribution in [2.24, 2.45) is 23.7 Å². The van der Waals surface area contributed by atoms with Gasteiger partial charge in [-0.25, -0.2) is 9.59 Å². The van der Waals surface area contributed by atoms with Crippen molar-refractivity contribution in [3.63, 3.8) is 0 Å². The molecule has 2 fully saturated rings. The van der Waals surface area contributed by atoms with E-state index in [4.69, 9.17) is 18.9 Å². The van der Waals surface area contributed by atoms with Crippen LogP contribution in [0.5, 0.6) is 11.5 Å². The number of esters is 4. The SMILES string of the molecule is C=C(C)C(=O)OCCCc1ccc(OC(=O)C2CCC(C3CCC(C(=O)Oc4ccc(CCCOC(=O)C(=C)C)cc4)CC3)CC2)cc1. The molecule has 2 aliphatic rings. The molecule has 2 aliphatic carbocycles. The molecular weight excluding hydrogens is 608 g/mol. The fourth-order valence-electron chi connectivity index (χ4n) is 6.63.